The maximum absolute atomic E-state index is 13.6. The summed E-state index contributed by atoms with van der Waals surface area (Å²) in [6, 6.07) is 22.0. The van der Waals surface area contributed by atoms with Crippen LogP contribution in [0.5, 0.6) is 5.75 Å². The molecule has 1 heterocycles. The maximum atomic E-state index is 13.6. The lowest BCUT2D eigenvalue weighted by atomic mass is 10.1. The van der Waals surface area contributed by atoms with Crippen LogP contribution in [-0.4, -0.2) is 57.4 Å². The van der Waals surface area contributed by atoms with Crippen LogP contribution in [0.25, 0.3) is 0 Å². The fraction of sp³-hybridized carbons (Fsp3) is 0.231. The van der Waals surface area contributed by atoms with E-state index in [4.69, 9.17) is 21.1 Å². The number of ether oxygens (including phenoxy) is 2. The van der Waals surface area contributed by atoms with E-state index >= 15 is 0 Å². The lowest BCUT2D eigenvalue weighted by Gasteiger charge is -2.34. The van der Waals surface area contributed by atoms with Gasteiger partial charge < -0.3 is 14.4 Å². The molecule has 0 unspecified atom stereocenters. The van der Waals surface area contributed by atoms with Crippen LogP contribution in [0.1, 0.15) is 5.56 Å². The van der Waals surface area contributed by atoms with E-state index < -0.39 is 34.5 Å². The van der Waals surface area contributed by atoms with E-state index in [1.54, 1.807) is 24.3 Å². The second-order valence-corrected chi connectivity index (χ2v) is 10.5. The largest absolute Gasteiger partial charge is 0.475 e. The number of anilines is 1. The lowest BCUT2D eigenvalue weighted by molar-refractivity contribution is -0.148. The van der Waals surface area contributed by atoms with Gasteiger partial charge in [0.15, 0.2) is 0 Å². The quantitative estimate of drug-likeness (QED) is 0.415. The van der Waals surface area contributed by atoms with Gasteiger partial charge in [0.25, 0.3) is 0 Å². The minimum absolute atomic E-state index is 0.0302. The molecule has 188 valence electrons. The van der Waals surface area contributed by atoms with Crippen molar-refractivity contribution in [2.24, 2.45) is 0 Å². The summed E-state index contributed by atoms with van der Waals surface area (Å²) >= 11 is 5.95. The molecule has 1 amide bonds. The zero-order valence-corrected chi connectivity index (χ0v) is 21.1. The number of amides is 1. The zero-order valence-electron chi connectivity index (χ0n) is 19.5. The average molecular weight is 529 g/mol. The Morgan fingerprint density at radius 2 is 1.69 bits per heavy atom. The highest BCUT2D eigenvalue weighted by molar-refractivity contribution is 7.89. The van der Waals surface area contributed by atoms with Crippen molar-refractivity contribution in [1.29, 1.82) is 0 Å². The summed E-state index contributed by atoms with van der Waals surface area (Å²) in [5.74, 6) is -0.786. The third kappa shape index (κ3) is 5.70. The molecule has 1 atom stereocenters. The summed E-state index contributed by atoms with van der Waals surface area (Å²) in [7, 11) is -2.79. The van der Waals surface area contributed by atoms with Crippen LogP contribution in [0.4, 0.5) is 5.69 Å². The van der Waals surface area contributed by atoms with Gasteiger partial charge in [-0.3, -0.25) is 4.79 Å². The molecule has 0 radical (unpaired) electrons. The first-order chi connectivity index (χ1) is 17.3. The molecule has 0 aliphatic carbocycles. The van der Waals surface area contributed by atoms with Crippen LogP contribution in [0.15, 0.2) is 83.8 Å². The van der Waals surface area contributed by atoms with E-state index in [0.29, 0.717) is 22.9 Å². The number of fused-ring (bicyclic) bond motifs is 1. The predicted octanol–water partition coefficient (Wildman–Crippen LogP) is 3.54. The summed E-state index contributed by atoms with van der Waals surface area (Å²) < 4.78 is 38.8. The van der Waals surface area contributed by atoms with E-state index in [1.165, 1.54) is 36.3 Å². The van der Waals surface area contributed by atoms with Crippen molar-refractivity contribution in [1.82, 2.24) is 4.31 Å². The van der Waals surface area contributed by atoms with Crippen molar-refractivity contribution in [2.75, 3.05) is 31.6 Å². The Kier molecular flexibility index (Phi) is 7.93. The van der Waals surface area contributed by atoms with Crippen molar-refractivity contribution in [2.45, 2.75) is 17.4 Å². The SMILES string of the molecule is COC(=O)[C@@H]1CN(C(=O)CN(CCc2ccccc2)S(=O)(=O)c2ccc(Cl)cc2)c2ccccc2O1. The van der Waals surface area contributed by atoms with Gasteiger partial charge in [-0.15, -0.1) is 0 Å². The van der Waals surface area contributed by atoms with Gasteiger partial charge in [-0.1, -0.05) is 54.1 Å². The number of halogens is 1. The van der Waals surface area contributed by atoms with Crippen LogP contribution in [0.2, 0.25) is 5.02 Å². The van der Waals surface area contributed by atoms with Gasteiger partial charge in [0.1, 0.15) is 5.75 Å². The minimum Gasteiger partial charge on any atom is -0.475 e. The van der Waals surface area contributed by atoms with Crippen molar-refractivity contribution in [3.63, 3.8) is 0 Å². The Hall–Kier alpha value is -3.40. The summed E-state index contributed by atoms with van der Waals surface area (Å²) in [6.07, 6.45) is -0.620. The van der Waals surface area contributed by atoms with Crippen LogP contribution in [-0.2, 0) is 30.8 Å². The van der Waals surface area contributed by atoms with Gasteiger partial charge in [0.2, 0.25) is 22.0 Å². The number of sulfonamides is 1. The molecule has 0 fully saturated rings. The number of carbonyl (C=O) groups excluding carboxylic acids is 2. The molecule has 36 heavy (non-hydrogen) atoms. The van der Waals surface area contributed by atoms with E-state index in [0.717, 1.165) is 9.87 Å². The number of carbonyl (C=O) groups is 2. The second-order valence-electron chi connectivity index (χ2n) is 8.13. The molecule has 0 saturated heterocycles. The Labute approximate surface area is 215 Å². The highest BCUT2D eigenvalue weighted by Gasteiger charge is 2.36. The summed E-state index contributed by atoms with van der Waals surface area (Å²) in [5, 5.41) is 0.402. The predicted molar refractivity (Wildman–Crippen MR) is 136 cm³/mol. The third-order valence-corrected chi connectivity index (χ3v) is 7.91. The summed E-state index contributed by atoms with van der Waals surface area (Å²) in [6.45, 7) is -0.455. The number of para-hydroxylation sites is 2. The minimum atomic E-state index is -4.03. The fourth-order valence-corrected chi connectivity index (χ4v) is 5.42. The molecule has 10 heteroatoms. The van der Waals surface area contributed by atoms with Crippen LogP contribution >= 0.6 is 11.6 Å². The van der Waals surface area contributed by atoms with Crippen LogP contribution in [0, 0.1) is 0 Å². The average Bonchev–Trinajstić information content (AvgIpc) is 2.90. The molecule has 0 aromatic heterocycles. The Morgan fingerprint density at radius 1 is 1.03 bits per heavy atom. The van der Waals surface area contributed by atoms with E-state index in [-0.39, 0.29) is 18.0 Å². The Balaban J connectivity index is 1.63. The monoisotopic (exact) mass is 528 g/mol. The number of rotatable bonds is 8. The second kappa shape index (κ2) is 11.1. The molecule has 0 N–H and O–H groups in total. The molecule has 3 aromatic rings. The van der Waals surface area contributed by atoms with Gasteiger partial charge >= 0.3 is 5.97 Å². The highest BCUT2D eigenvalue weighted by Crippen LogP contribution is 2.33. The molecule has 0 bridgehead atoms. The molecule has 8 nitrogen and oxygen atoms in total. The Morgan fingerprint density at radius 3 is 2.39 bits per heavy atom. The fourth-order valence-electron chi connectivity index (χ4n) is 3.90. The smallest absolute Gasteiger partial charge is 0.348 e. The molecular formula is C26H25ClN2O6S. The van der Waals surface area contributed by atoms with Crippen molar-refractivity contribution in [3.05, 3.63) is 89.4 Å². The molecular weight excluding hydrogens is 504 g/mol. The first-order valence-corrected chi connectivity index (χ1v) is 13.0. The number of esters is 1. The summed E-state index contributed by atoms with van der Waals surface area (Å²) in [4.78, 5) is 27.2. The number of hydrogen-bond donors (Lipinski definition) is 0. The standard InChI is InChI=1S/C26H25ClN2O6S/c1-34-26(31)24-17-29(22-9-5-6-10-23(22)35-24)25(30)18-28(16-15-19-7-3-2-4-8-19)36(32,33)21-13-11-20(27)12-14-21/h2-14,24H,15-18H2,1H3/t24-/m0/s1. The molecule has 4 rings (SSSR count). The van der Waals surface area contributed by atoms with Crippen LogP contribution < -0.4 is 9.64 Å². The van der Waals surface area contributed by atoms with Gasteiger partial charge in [0, 0.05) is 11.6 Å². The van der Waals surface area contributed by atoms with Crippen molar-refractivity contribution >= 4 is 39.2 Å². The Bertz CT molecular complexity index is 1330. The lowest BCUT2D eigenvalue weighted by Crippen LogP contribution is -2.51. The zero-order chi connectivity index (χ0) is 25.7. The van der Waals surface area contributed by atoms with Crippen molar-refractivity contribution < 1.29 is 27.5 Å². The highest BCUT2D eigenvalue weighted by atomic mass is 35.5. The van der Waals surface area contributed by atoms with Gasteiger partial charge in [-0.05, 0) is 48.4 Å². The third-order valence-electron chi connectivity index (χ3n) is 5.79. The van der Waals surface area contributed by atoms with E-state index in [1.807, 2.05) is 30.3 Å². The normalized spacial score (nSPS) is 15.2. The van der Waals surface area contributed by atoms with Gasteiger partial charge in [-0.25, -0.2) is 13.2 Å². The number of nitrogens with zero attached hydrogens (tertiary/aromatic N) is 2. The number of hydrogen-bond acceptors (Lipinski definition) is 6. The first kappa shape index (κ1) is 25.7. The molecule has 1 aliphatic rings. The number of benzene rings is 3. The summed E-state index contributed by atoms with van der Waals surface area (Å²) in [5.41, 5.74) is 1.39. The molecule has 1 aliphatic heterocycles. The topological polar surface area (TPSA) is 93.2 Å². The van der Waals surface area contributed by atoms with Gasteiger partial charge in [0.05, 0.1) is 30.8 Å². The number of methoxy groups -OCH3 is 1. The van der Waals surface area contributed by atoms with E-state index in [9.17, 15) is 18.0 Å². The molecule has 0 spiro atoms. The van der Waals surface area contributed by atoms with E-state index in [2.05, 4.69) is 0 Å². The van der Waals surface area contributed by atoms with Crippen LogP contribution in [0.3, 0.4) is 0 Å². The molecule has 0 saturated carbocycles. The van der Waals surface area contributed by atoms with Gasteiger partial charge in [-0.2, -0.15) is 4.31 Å². The maximum Gasteiger partial charge on any atom is 0.348 e. The first-order valence-electron chi connectivity index (χ1n) is 11.2. The molecule has 3 aromatic carbocycles. The van der Waals surface area contributed by atoms with Crippen molar-refractivity contribution in [3.8, 4) is 5.75 Å².